The topological polar surface area (TPSA) is 78.4 Å². The second kappa shape index (κ2) is 8.08. The third kappa shape index (κ3) is 5.63. The van der Waals surface area contributed by atoms with Crippen LogP contribution >= 0.6 is 11.6 Å². The smallest absolute Gasteiger partial charge is 0.316 e. The van der Waals surface area contributed by atoms with Gasteiger partial charge in [0.1, 0.15) is 6.04 Å². The van der Waals surface area contributed by atoms with E-state index in [0.717, 1.165) is 5.56 Å². The summed E-state index contributed by atoms with van der Waals surface area (Å²) < 4.78 is 0. The normalized spacial score (nSPS) is 11.2. The van der Waals surface area contributed by atoms with E-state index in [0.29, 0.717) is 11.4 Å². The number of carbonyl (C=O) groups is 2. The number of rotatable bonds is 6. The van der Waals surface area contributed by atoms with Crippen molar-refractivity contribution < 1.29 is 14.7 Å². The summed E-state index contributed by atoms with van der Waals surface area (Å²) in [4.78, 5) is 21.9. The highest BCUT2D eigenvalue weighted by Gasteiger charge is 2.11. The number of halogens is 1. The summed E-state index contributed by atoms with van der Waals surface area (Å²) in [5.74, 6) is 1.57. The molecule has 0 saturated carbocycles. The van der Waals surface area contributed by atoms with Gasteiger partial charge in [0.25, 0.3) is 0 Å². The number of terminal acetylenes is 1. The van der Waals surface area contributed by atoms with Crippen molar-refractivity contribution in [1.82, 2.24) is 10.6 Å². The first-order valence-corrected chi connectivity index (χ1v) is 6.38. The molecule has 5 nitrogen and oxygen atoms in total. The molecule has 3 N–H and O–H groups in total. The first kappa shape index (κ1) is 15.9. The monoisotopic (exact) mass is 294 g/mol. The molecule has 0 heterocycles. The molecule has 0 bridgehead atoms. The molecule has 0 fully saturated rings. The number of carboxylic acid groups (broad SMARTS) is 1. The number of aliphatic carboxylic acids is 1. The Morgan fingerprint density at radius 1 is 1.35 bits per heavy atom. The molecule has 1 aromatic rings. The van der Waals surface area contributed by atoms with Crippen LogP contribution in [-0.2, 0) is 4.79 Å². The zero-order chi connectivity index (χ0) is 15.0. The molecular formula is C14H15ClN2O3. The average Bonchev–Trinajstić information content (AvgIpc) is 2.42. The van der Waals surface area contributed by atoms with Gasteiger partial charge in [-0.25, -0.2) is 4.79 Å². The lowest BCUT2D eigenvalue weighted by atomic mass is 10.1. The van der Waals surface area contributed by atoms with Gasteiger partial charge in [0.2, 0.25) is 0 Å². The van der Waals surface area contributed by atoms with E-state index in [1.165, 1.54) is 0 Å². The van der Waals surface area contributed by atoms with E-state index in [1.807, 2.05) is 0 Å². The molecular weight excluding hydrogens is 280 g/mol. The van der Waals surface area contributed by atoms with Crippen LogP contribution in [0.1, 0.15) is 24.4 Å². The van der Waals surface area contributed by atoms with E-state index in [-0.39, 0.29) is 13.0 Å². The second-order valence-corrected chi connectivity index (χ2v) is 4.49. The van der Waals surface area contributed by atoms with Gasteiger partial charge in [-0.15, -0.1) is 6.42 Å². The third-order valence-electron chi connectivity index (χ3n) is 2.50. The molecule has 106 valence electrons. The lowest BCUT2D eigenvalue weighted by Crippen LogP contribution is -2.38. The number of hydrogen-bond acceptors (Lipinski definition) is 2. The Hall–Kier alpha value is -2.19. The molecule has 0 saturated heterocycles. The Balaban J connectivity index is 2.44. The van der Waals surface area contributed by atoms with Gasteiger partial charge in [0.05, 0.1) is 0 Å². The minimum atomic E-state index is -0.894. The van der Waals surface area contributed by atoms with Gasteiger partial charge < -0.3 is 15.7 Å². The summed E-state index contributed by atoms with van der Waals surface area (Å²) in [6.45, 7) is 0.274. The van der Waals surface area contributed by atoms with Gasteiger partial charge in [-0.3, -0.25) is 4.79 Å². The van der Waals surface area contributed by atoms with Gasteiger partial charge >= 0.3 is 12.0 Å². The van der Waals surface area contributed by atoms with Crippen LogP contribution < -0.4 is 10.6 Å². The van der Waals surface area contributed by atoms with E-state index in [9.17, 15) is 9.59 Å². The van der Waals surface area contributed by atoms with Gasteiger partial charge in [-0.05, 0) is 24.1 Å². The molecule has 1 aromatic carbocycles. The van der Waals surface area contributed by atoms with E-state index in [1.54, 1.807) is 24.3 Å². The SMILES string of the molecule is C#CC(NC(=O)NCCCC(=O)O)c1ccc(Cl)cc1. The molecule has 1 unspecified atom stereocenters. The number of carbonyl (C=O) groups excluding carboxylic acids is 1. The van der Waals surface area contributed by atoms with Crippen LogP contribution in [0.25, 0.3) is 0 Å². The Kier molecular flexibility index (Phi) is 6.41. The number of benzene rings is 1. The summed E-state index contributed by atoms with van der Waals surface area (Å²) in [7, 11) is 0. The first-order valence-electron chi connectivity index (χ1n) is 6.00. The summed E-state index contributed by atoms with van der Waals surface area (Å²) in [6, 6.07) is 5.84. The van der Waals surface area contributed by atoms with Gasteiger partial charge in [0, 0.05) is 18.0 Å². The van der Waals surface area contributed by atoms with Crippen molar-refractivity contribution in [3.8, 4) is 12.3 Å². The van der Waals surface area contributed by atoms with Crippen molar-refractivity contribution >= 4 is 23.6 Å². The van der Waals surface area contributed by atoms with E-state index < -0.39 is 18.0 Å². The molecule has 0 aromatic heterocycles. The highest BCUT2D eigenvalue weighted by atomic mass is 35.5. The van der Waals surface area contributed by atoms with E-state index >= 15 is 0 Å². The van der Waals surface area contributed by atoms with Crippen LogP contribution in [0.3, 0.4) is 0 Å². The quantitative estimate of drug-likeness (QED) is 0.556. The molecule has 0 aliphatic carbocycles. The van der Waals surface area contributed by atoms with Crippen molar-refractivity contribution in [3.05, 3.63) is 34.9 Å². The highest BCUT2D eigenvalue weighted by Crippen LogP contribution is 2.15. The summed E-state index contributed by atoms with van der Waals surface area (Å²) in [5, 5.41) is 14.2. The maximum Gasteiger partial charge on any atom is 0.316 e. The van der Waals surface area contributed by atoms with Crippen LogP contribution in [0.2, 0.25) is 5.02 Å². The standard InChI is InChI=1S/C14H15ClN2O3/c1-2-12(10-5-7-11(15)8-6-10)17-14(20)16-9-3-4-13(18)19/h1,5-8,12H,3-4,9H2,(H,18,19)(H2,16,17,20). The fourth-order valence-electron chi connectivity index (χ4n) is 1.50. The predicted octanol–water partition coefficient (Wildman–Crippen LogP) is 2.18. The Labute approximate surface area is 122 Å². The maximum atomic E-state index is 11.6. The van der Waals surface area contributed by atoms with Crippen LogP contribution in [0, 0.1) is 12.3 Å². The van der Waals surface area contributed by atoms with Crippen molar-refractivity contribution in [2.45, 2.75) is 18.9 Å². The van der Waals surface area contributed by atoms with Crippen molar-refractivity contribution in [2.24, 2.45) is 0 Å². The Morgan fingerprint density at radius 3 is 2.55 bits per heavy atom. The van der Waals surface area contributed by atoms with Gasteiger partial charge in [0.15, 0.2) is 0 Å². The predicted molar refractivity (Wildman–Crippen MR) is 76.4 cm³/mol. The van der Waals surface area contributed by atoms with Crippen LogP contribution in [-0.4, -0.2) is 23.7 Å². The Morgan fingerprint density at radius 2 is 2.00 bits per heavy atom. The number of carboxylic acids is 1. The molecule has 0 aliphatic rings. The zero-order valence-electron chi connectivity index (χ0n) is 10.7. The lowest BCUT2D eigenvalue weighted by molar-refractivity contribution is -0.137. The molecule has 2 amide bonds. The summed E-state index contributed by atoms with van der Waals surface area (Å²) >= 11 is 5.78. The fourth-order valence-corrected chi connectivity index (χ4v) is 1.63. The number of urea groups is 1. The average molecular weight is 295 g/mol. The summed E-state index contributed by atoms with van der Waals surface area (Å²) in [6.07, 6.45) is 5.76. The Bertz CT molecular complexity index is 508. The molecule has 0 spiro atoms. The molecule has 1 rings (SSSR count). The number of amides is 2. The van der Waals surface area contributed by atoms with Crippen molar-refractivity contribution in [3.63, 3.8) is 0 Å². The molecule has 0 radical (unpaired) electrons. The molecule has 6 heteroatoms. The van der Waals surface area contributed by atoms with Crippen molar-refractivity contribution in [1.29, 1.82) is 0 Å². The van der Waals surface area contributed by atoms with Crippen LogP contribution in [0.4, 0.5) is 4.79 Å². The lowest BCUT2D eigenvalue weighted by Gasteiger charge is -2.14. The number of hydrogen-bond donors (Lipinski definition) is 3. The van der Waals surface area contributed by atoms with Gasteiger partial charge in [-0.2, -0.15) is 0 Å². The van der Waals surface area contributed by atoms with E-state index in [2.05, 4.69) is 16.6 Å². The zero-order valence-corrected chi connectivity index (χ0v) is 11.5. The molecule has 0 aliphatic heterocycles. The molecule has 1 atom stereocenters. The first-order chi connectivity index (χ1) is 9.52. The fraction of sp³-hybridized carbons (Fsp3) is 0.286. The second-order valence-electron chi connectivity index (χ2n) is 4.05. The van der Waals surface area contributed by atoms with Gasteiger partial charge in [-0.1, -0.05) is 29.7 Å². The third-order valence-corrected chi connectivity index (χ3v) is 2.75. The van der Waals surface area contributed by atoms with E-state index in [4.69, 9.17) is 23.1 Å². The van der Waals surface area contributed by atoms with Crippen LogP contribution in [0.15, 0.2) is 24.3 Å². The minimum absolute atomic E-state index is 0.00995. The minimum Gasteiger partial charge on any atom is -0.481 e. The summed E-state index contributed by atoms with van der Waals surface area (Å²) in [5.41, 5.74) is 0.748. The number of nitrogens with one attached hydrogen (secondary N) is 2. The maximum absolute atomic E-state index is 11.6. The van der Waals surface area contributed by atoms with Crippen molar-refractivity contribution in [2.75, 3.05) is 6.54 Å². The largest absolute Gasteiger partial charge is 0.481 e. The molecule has 20 heavy (non-hydrogen) atoms. The highest BCUT2D eigenvalue weighted by molar-refractivity contribution is 6.30. The van der Waals surface area contributed by atoms with Crippen LogP contribution in [0.5, 0.6) is 0 Å².